The van der Waals surface area contributed by atoms with Gasteiger partial charge in [-0.1, -0.05) is 33.1 Å². The van der Waals surface area contributed by atoms with Crippen molar-refractivity contribution in [2.24, 2.45) is 29.6 Å². The van der Waals surface area contributed by atoms with Crippen LogP contribution in [0.15, 0.2) is 0 Å². The second kappa shape index (κ2) is 6.95. The first-order chi connectivity index (χ1) is 11.7. The van der Waals surface area contributed by atoms with Crippen LogP contribution in [0.5, 0.6) is 0 Å². The molecule has 0 aromatic heterocycles. The molecule has 1 aliphatic heterocycles. The van der Waals surface area contributed by atoms with Gasteiger partial charge in [-0.3, -0.25) is 9.80 Å². The minimum absolute atomic E-state index is 0.317. The van der Waals surface area contributed by atoms with E-state index in [1.165, 1.54) is 38.5 Å². The van der Waals surface area contributed by atoms with Crippen LogP contribution in [0.4, 0.5) is 0 Å². The van der Waals surface area contributed by atoms with E-state index in [9.17, 15) is 4.79 Å². The third kappa shape index (κ3) is 2.70. The maximum atomic E-state index is 13.1. The number of amides is 1. The fraction of sp³-hybridized carbons (Fsp3) is 0.950. The molecule has 3 aliphatic carbocycles. The Bertz CT molecular complexity index is 464. The number of fused-ring (bicyclic) bond motifs is 3. The number of nitrogens with one attached hydrogen (secondary N) is 1. The number of carbonyl (C=O) groups excluding carboxylic acids is 1. The lowest BCUT2D eigenvalue weighted by Gasteiger charge is -2.46. The summed E-state index contributed by atoms with van der Waals surface area (Å²) in [4.78, 5) is 15.5. The Kier molecular flexibility index (Phi) is 4.88. The van der Waals surface area contributed by atoms with Crippen LogP contribution >= 0.6 is 0 Å². The highest BCUT2D eigenvalue weighted by molar-refractivity contribution is 5.80. The average Bonchev–Trinajstić information content (AvgIpc) is 2.95. The summed E-state index contributed by atoms with van der Waals surface area (Å²) in [5.74, 6) is 3.94. The molecule has 1 amide bonds. The van der Waals surface area contributed by atoms with Gasteiger partial charge in [-0.25, -0.2) is 5.43 Å². The number of nitrogens with zero attached hydrogens (tertiary/aromatic N) is 2. The van der Waals surface area contributed by atoms with Gasteiger partial charge >= 0.3 is 0 Å². The van der Waals surface area contributed by atoms with Gasteiger partial charge in [0.2, 0.25) is 5.91 Å². The van der Waals surface area contributed by atoms with Gasteiger partial charge in [0.1, 0.15) is 0 Å². The average molecular weight is 334 g/mol. The Morgan fingerprint density at radius 2 is 1.71 bits per heavy atom. The van der Waals surface area contributed by atoms with Crippen molar-refractivity contribution in [3.8, 4) is 0 Å². The molecule has 6 atom stereocenters. The van der Waals surface area contributed by atoms with Crippen LogP contribution < -0.4 is 5.43 Å². The van der Waals surface area contributed by atoms with Crippen LogP contribution in [0, 0.1) is 29.6 Å². The molecule has 1 saturated heterocycles. The van der Waals surface area contributed by atoms with E-state index < -0.39 is 0 Å². The normalized spacial score (nSPS) is 41.5. The van der Waals surface area contributed by atoms with E-state index in [4.69, 9.17) is 0 Å². The summed E-state index contributed by atoms with van der Waals surface area (Å²) in [6, 6.07) is 0.583. The van der Waals surface area contributed by atoms with E-state index in [0.717, 1.165) is 50.4 Å². The lowest BCUT2D eigenvalue weighted by Crippen LogP contribution is -2.63. The Morgan fingerprint density at radius 1 is 1.00 bits per heavy atom. The number of rotatable bonds is 5. The van der Waals surface area contributed by atoms with Crippen LogP contribution in [0.25, 0.3) is 0 Å². The zero-order valence-corrected chi connectivity index (χ0v) is 15.5. The number of hydrogen-bond acceptors (Lipinski definition) is 3. The molecule has 4 fully saturated rings. The van der Waals surface area contributed by atoms with Crippen molar-refractivity contribution in [1.29, 1.82) is 0 Å². The van der Waals surface area contributed by atoms with Crippen LogP contribution in [0.3, 0.4) is 0 Å². The van der Waals surface area contributed by atoms with Crippen LogP contribution in [-0.2, 0) is 4.79 Å². The lowest BCUT2D eigenvalue weighted by molar-refractivity contribution is -0.152. The largest absolute Gasteiger partial charge is 0.302 e. The second-order valence-electron chi connectivity index (χ2n) is 8.56. The van der Waals surface area contributed by atoms with Crippen molar-refractivity contribution in [2.75, 3.05) is 26.2 Å². The van der Waals surface area contributed by atoms with Crippen molar-refractivity contribution in [3.63, 3.8) is 0 Å². The smallest absolute Gasteiger partial charge is 0.240 e. The first-order valence-electron chi connectivity index (χ1n) is 10.5. The molecule has 0 spiro atoms. The SMILES string of the molecule is CCN(CC)CCN1NC2C3CCCCC3C3CCCC(C1=O)C32. The fourth-order valence-electron chi connectivity index (χ4n) is 6.59. The van der Waals surface area contributed by atoms with E-state index in [0.29, 0.717) is 23.8 Å². The van der Waals surface area contributed by atoms with Gasteiger partial charge in [0.15, 0.2) is 0 Å². The topological polar surface area (TPSA) is 35.6 Å². The summed E-state index contributed by atoms with van der Waals surface area (Å²) in [7, 11) is 0. The molecule has 4 nitrogen and oxygen atoms in total. The molecule has 24 heavy (non-hydrogen) atoms. The molecule has 4 rings (SSSR count). The molecular formula is C20H35N3O. The fourth-order valence-corrected chi connectivity index (χ4v) is 6.59. The van der Waals surface area contributed by atoms with Crippen molar-refractivity contribution < 1.29 is 4.79 Å². The van der Waals surface area contributed by atoms with E-state index in [-0.39, 0.29) is 0 Å². The number of carbonyl (C=O) groups is 1. The molecule has 136 valence electrons. The molecule has 6 unspecified atom stereocenters. The second-order valence-corrected chi connectivity index (χ2v) is 8.56. The Hall–Kier alpha value is -0.610. The maximum absolute atomic E-state index is 13.1. The van der Waals surface area contributed by atoms with E-state index >= 15 is 0 Å². The molecule has 0 bridgehead atoms. The monoisotopic (exact) mass is 333 g/mol. The highest BCUT2D eigenvalue weighted by atomic mass is 16.2. The predicted octanol–water partition coefficient (Wildman–Crippen LogP) is 2.90. The van der Waals surface area contributed by atoms with E-state index in [1.807, 2.05) is 5.01 Å². The minimum atomic E-state index is 0.317. The van der Waals surface area contributed by atoms with E-state index in [1.54, 1.807) is 0 Å². The maximum Gasteiger partial charge on any atom is 0.240 e. The molecular weight excluding hydrogens is 298 g/mol. The molecule has 0 aromatic carbocycles. The number of hydrazine groups is 1. The molecule has 4 heteroatoms. The van der Waals surface area contributed by atoms with Gasteiger partial charge in [-0.2, -0.15) is 0 Å². The van der Waals surface area contributed by atoms with Crippen LogP contribution in [-0.4, -0.2) is 48.0 Å². The van der Waals surface area contributed by atoms with Crippen molar-refractivity contribution >= 4 is 5.91 Å². The summed E-state index contributed by atoms with van der Waals surface area (Å²) >= 11 is 0. The third-order valence-corrected chi connectivity index (χ3v) is 7.73. The van der Waals surface area contributed by atoms with Crippen molar-refractivity contribution in [3.05, 3.63) is 0 Å². The lowest BCUT2D eigenvalue weighted by atomic mass is 9.68. The summed E-state index contributed by atoms with van der Waals surface area (Å²) in [5.41, 5.74) is 3.75. The molecule has 1 heterocycles. The van der Waals surface area contributed by atoms with Crippen molar-refractivity contribution in [1.82, 2.24) is 15.3 Å². The summed E-state index contributed by atoms with van der Waals surface area (Å²) in [5, 5.41) is 2.03. The Morgan fingerprint density at radius 3 is 2.46 bits per heavy atom. The molecule has 0 aromatic rings. The highest BCUT2D eigenvalue weighted by Gasteiger charge is 2.58. The molecule has 3 saturated carbocycles. The summed E-state index contributed by atoms with van der Waals surface area (Å²) in [6.07, 6.45) is 9.42. The quantitative estimate of drug-likeness (QED) is 0.840. The minimum Gasteiger partial charge on any atom is -0.302 e. The Balaban J connectivity index is 1.51. The van der Waals surface area contributed by atoms with E-state index in [2.05, 4.69) is 24.2 Å². The molecule has 0 radical (unpaired) electrons. The zero-order chi connectivity index (χ0) is 16.7. The van der Waals surface area contributed by atoms with Crippen LogP contribution in [0.1, 0.15) is 58.8 Å². The first kappa shape index (κ1) is 16.8. The molecule has 1 N–H and O–H groups in total. The van der Waals surface area contributed by atoms with Gasteiger partial charge in [-0.05, 0) is 62.4 Å². The van der Waals surface area contributed by atoms with Gasteiger partial charge < -0.3 is 4.90 Å². The summed E-state index contributed by atoms with van der Waals surface area (Å²) < 4.78 is 0. The van der Waals surface area contributed by atoms with Gasteiger partial charge in [0, 0.05) is 18.5 Å². The zero-order valence-electron chi connectivity index (χ0n) is 15.5. The van der Waals surface area contributed by atoms with Crippen molar-refractivity contribution in [2.45, 2.75) is 64.8 Å². The van der Waals surface area contributed by atoms with Gasteiger partial charge in [-0.15, -0.1) is 0 Å². The predicted molar refractivity (Wildman–Crippen MR) is 96.2 cm³/mol. The summed E-state index contributed by atoms with van der Waals surface area (Å²) in [6.45, 7) is 8.40. The number of hydrogen-bond donors (Lipinski definition) is 1. The van der Waals surface area contributed by atoms with Gasteiger partial charge in [0.05, 0.1) is 6.54 Å². The molecule has 4 aliphatic rings. The number of likely N-dealkylation sites (N-methyl/N-ethyl adjacent to an activating group) is 1. The highest BCUT2D eigenvalue weighted by Crippen LogP contribution is 2.57. The first-order valence-corrected chi connectivity index (χ1v) is 10.5. The van der Waals surface area contributed by atoms with Gasteiger partial charge in [0.25, 0.3) is 0 Å². The third-order valence-electron chi connectivity index (χ3n) is 7.73. The Labute approximate surface area is 147 Å². The standard InChI is InChI=1S/C20H35N3O/c1-3-22(4-2)12-13-23-20(24)17-11-7-10-15-14-8-5-6-9-16(14)19(21-23)18(15)17/h14-19,21H,3-13H2,1-2H3. The van der Waals surface area contributed by atoms with Crippen LogP contribution in [0.2, 0.25) is 0 Å².